The fourth-order valence-corrected chi connectivity index (χ4v) is 5.95. The average Bonchev–Trinajstić information content (AvgIpc) is 3.14. The molecule has 0 aliphatic rings. The summed E-state index contributed by atoms with van der Waals surface area (Å²) in [6.07, 6.45) is 3.84. The molecule has 0 saturated heterocycles. The first-order valence-electron chi connectivity index (χ1n) is 17.2. The zero-order valence-electron chi connectivity index (χ0n) is 32.6. The summed E-state index contributed by atoms with van der Waals surface area (Å²) < 4.78 is 91.6. The first-order valence-corrected chi connectivity index (χ1v) is 23.1. The first-order chi connectivity index (χ1) is 25.2. The number of phosphoric acid groups is 1. The molecule has 0 spiro atoms. The molecule has 21 heteroatoms. The summed E-state index contributed by atoms with van der Waals surface area (Å²) in [5.74, 6) is 2.52. The second kappa shape index (κ2) is 47.7. The van der Waals surface area contributed by atoms with Crippen LogP contribution in [0.3, 0.4) is 0 Å². The molecule has 17 nitrogen and oxygen atoms in total. The highest BCUT2D eigenvalue weighted by molar-refractivity contribution is 8.76. The van der Waals surface area contributed by atoms with E-state index in [1.165, 1.54) is 44.5 Å². The Labute approximate surface area is 321 Å². The molecule has 52 heavy (non-hydrogen) atoms. The Hall–Kier alpha value is 0.560. The van der Waals surface area contributed by atoms with Gasteiger partial charge < -0.3 is 70.4 Å². The highest BCUT2D eigenvalue weighted by Crippen LogP contribution is 2.42. The van der Waals surface area contributed by atoms with E-state index in [1.807, 2.05) is 21.6 Å². The van der Waals surface area contributed by atoms with Crippen molar-refractivity contribution in [3.05, 3.63) is 0 Å². The number of hydrogen-bond acceptors (Lipinski definition) is 19. The summed E-state index contributed by atoms with van der Waals surface area (Å²) in [4.78, 5) is 10.7. The van der Waals surface area contributed by atoms with Crippen LogP contribution in [0.25, 0.3) is 0 Å². The van der Waals surface area contributed by atoms with Gasteiger partial charge in [-0.15, -0.1) is 0 Å². The van der Waals surface area contributed by atoms with E-state index in [9.17, 15) is 14.0 Å². The van der Waals surface area contributed by atoms with Gasteiger partial charge in [-0.25, -0.2) is 0 Å². The lowest BCUT2D eigenvalue weighted by Crippen LogP contribution is -2.14. The lowest BCUT2D eigenvalue weighted by Gasteiger charge is -2.19. The maximum Gasteiger partial charge on any atom is 0.327 e. The topological polar surface area (TPSA) is 186 Å². The van der Waals surface area contributed by atoms with Crippen LogP contribution in [0, 0.1) is 0 Å². The lowest BCUT2D eigenvalue weighted by molar-refractivity contribution is -0.223. The largest absolute Gasteiger partial charge is 0.756 e. The van der Waals surface area contributed by atoms with Crippen molar-refractivity contribution in [2.24, 2.45) is 0 Å². The lowest BCUT2D eigenvalue weighted by atomic mass is 10.4. The number of methoxy groups -OCH3 is 3. The van der Waals surface area contributed by atoms with Crippen molar-refractivity contribution in [3.63, 3.8) is 0 Å². The summed E-state index contributed by atoms with van der Waals surface area (Å²) in [7, 11) is 4.30. The van der Waals surface area contributed by atoms with Crippen molar-refractivity contribution in [2.45, 2.75) is 26.2 Å². The second-order valence-corrected chi connectivity index (χ2v) is 16.3. The quantitative estimate of drug-likeness (QED) is 0.0487. The van der Waals surface area contributed by atoms with E-state index < -0.39 is 15.4 Å². The molecule has 2 unspecified atom stereocenters. The summed E-state index contributed by atoms with van der Waals surface area (Å²) in [5.41, 5.74) is 0. The normalized spacial score (nSPS) is 13.5. The third-order valence-corrected chi connectivity index (χ3v) is 10.4. The molecule has 0 heterocycles. The summed E-state index contributed by atoms with van der Waals surface area (Å²) in [6, 6.07) is 0. The maximum atomic E-state index is 11.4. The molecule has 0 bridgehead atoms. The van der Waals surface area contributed by atoms with E-state index in [4.69, 9.17) is 56.4 Å². The highest BCUT2D eigenvalue weighted by Gasteiger charge is 2.13. The Bertz CT molecular complexity index is 758. The van der Waals surface area contributed by atoms with E-state index in [-0.39, 0.29) is 19.8 Å². The molecule has 0 aliphatic carbocycles. The fourth-order valence-electron chi connectivity index (χ4n) is 2.75. The third kappa shape index (κ3) is 54.9. The number of hydrogen-bond donors (Lipinski definition) is 0. The van der Waals surface area contributed by atoms with Crippen LogP contribution in [-0.4, -0.2) is 179 Å². The van der Waals surface area contributed by atoms with E-state index in [1.54, 1.807) is 21.3 Å². The van der Waals surface area contributed by atoms with E-state index >= 15 is 0 Å². The standard InChI is InChI=1S/C15H33O9P.C8H19O7P.C8H18OS2/c1-17-4-5-19-6-7-20-8-9-21-10-11-22-12-13-23-14-15-24-25(3,16)18-2;1-11-3-4-13-5-6-14-7-8-15-16(9,10)12-2;1-3-4-7-10-11-8-5-6-9-2/h4-15H2,1-3H3;3-8H2,1-2H3,(H,9,10);3-8H2,1-2H3/p-1. The molecule has 0 aromatic heterocycles. The Morgan fingerprint density at radius 2 is 0.769 bits per heavy atom. The van der Waals surface area contributed by atoms with Crippen LogP contribution < -0.4 is 4.89 Å². The monoisotopic (exact) mass is 839 g/mol. The van der Waals surface area contributed by atoms with Gasteiger partial charge in [-0.1, -0.05) is 34.9 Å². The van der Waals surface area contributed by atoms with Gasteiger partial charge in [-0.05, 0) is 12.8 Å². The van der Waals surface area contributed by atoms with Crippen LogP contribution in [0.2, 0.25) is 0 Å². The third-order valence-electron chi connectivity index (χ3n) is 5.55. The number of rotatable bonds is 39. The van der Waals surface area contributed by atoms with Gasteiger partial charge in [0.25, 0.3) is 7.82 Å². The predicted octanol–water partition coefficient (Wildman–Crippen LogP) is 4.20. The predicted molar refractivity (Wildman–Crippen MR) is 203 cm³/mol. The van der Waals surface area contributed by atoms with Crippen molar-refractivity contribution >= 4 is 37.0 Å². The Kier molecular flexibility index (Phi) is 52.2. The fraction of sp³-hybridized carbons (Fsp3) is 1.00. The summed E-state index contributed by atoms with van der Waals surface area (Å²) in [5, 5.41) is 0. The minimum absolute atomic E-state index is 0.0628. The zero-order valence-corrected chi connectivity index (χ0v) is 36.0. The van der Waals surface area contributed by atoms with Crippen LogP contribution in [0.1, 0.15) is 26.2 Å². The van der Waals surface area contributed by atoms with Gasteiger partial charge >= 0.3 is 7.60 Å². The van der Waals surface area contributed by atoms with Gasteiger partial charge in [-0.3, -0.25) is 9.13 Å². The minimum atomic E-state index is -4.12. The molecule has 0 amide bonds. The molecule has 0 radical (unpaired) electrons. The smallest absolute Gasteiger partial charge is 0.327 e. The number of ether oxygens (including phenoxy) is 10. The number of unbranched alkanes of at least 4 members (excludes halogenated alkanes) is 1. The molecule has 2 atom stereocenters. The maximum absolute atomic E-state index is 11.4. The zero-order chi connectivity index (χ0) is 39.3. The molecular formula is C31H69O17P2S2-. The number of phosphoric ester groups is 1. The van der Waals surface area contributed by atoms with E-state index in [2.05, 4.69) is 16.0 Å². The molecule has 0 aromatic rings. The molecule has 0 rings (SSSR count). The Morgan fingerprint density at radius 1 is 0.442 bits per heavy atom. The minimum Gasteiger partial charge on any atom is -0.756 e. The van der Waals surface area contributed by atoms with Gasteiger partial charge in [0.2, 0.25) is 0 Å². The molecule has 0 saturated carbocycles. The molecule has 0 fully saturated rings. The van der Waals surface area contributed by atoms with Crippen molar-refractivity contribution in [1.82, 2.24) is 0 Å². The van der Waals surface area contributed by atoms with Gasteiger partial charge in [0, 0.05) is 60.3 Å². The summed E-state index contributed by atoms with van der Waals surface area (Å²) >= 11 is 0. The van der Waals surface area contributed by atoms with Gasteiger partial charge in [0.1, 0.15) is 0 Å². The van der Waals surface area contributed by atoms with Crippen molar-refractivity contribution < 1.29 is 79.5 Å². The van der Waals surface area contributed by atoms with Gasteiger partial charge in [0.05, 0.1) is 119 Å². The molecule has 0 N–H and O–H groups in total. The average molecular weight is 840 g/mol. The van der Waals surface area contributed by atoms with Crippen LogP contribution in [0.15, 0.2) is 0 Å². The van der Waals surface area contributed by atoms with E-state index in [0.29, 0.717) is 99.1 Å². The molecule has 0 aliphatic heterocycles. The van der Waals surface area contributed by atoms with Crippen LogP contribution in [-0.2, 0) is 74.6 Å². The van der Waals surface area contributed by atoms with Gasteiger partial charge in [0.15, 0.2) is 0 Å². The van der Waals surface area contributed by atoms with Crippen molar-refractivity contribution in [1.29, 1.82) is 0 Å². The van der Waals surface area contributed by atoms with Crippen molar-refractivity contribution in [2.75, 3.05) is 179 Å². The Balaban J connectivity index is -0.000000759. The molecular weight excluding hydrogens is 770 g/mol. The van der Waals surface area contributed by atoms with Crippen LogP contribution in [0.5, 0.6) is 0 Å². The Morgan fingerprint density at radius 3 is 1.10 bits per heavy atom. The van der Waals surface area contributed by atoms with Crippen LogP contribution >= 0.6 is 37.0 Å². The SMILES string of the molecule is CCCCSSCCCOC.COCCOCCOCCOCCOCCOCCOP(C)(=O)OC.COCCOCCOCCOP(=O)([O-])OC. The molecule has 318 valence electrons. The van der Waals surface area contributed by atoms with Crippen LogP contribution in [0.4, 0.5) is 0 Å². The van der Waals surface area contributed by atoms with Gasteiger partial charge in [-0.2, -0.15) is 0 Å². The van der Waals surface area contributed by atoms with E-state index in [0.717, 1.165) is 13.7 Å². The highest BCUT2D eigenvalue weighted by atomic mass is 33.1. The first kappa shape index (κ1) is 56.9. The summed E-state index contributed by atoms with van der Waals surface area (Å²) in [6.45, 7) is 12.3. The molecule has 0 aromatic carbocycles. The second-order valence-electron chi connectivity index (χ2n) is 9.87. The van der Waals surface area contributed by atoms with Crippen molar-refractivity contribution in [3.8, 4) is 0 Å².